The molecule has 3 N–H and O–H groups in total. The maximum Gasteiger partial charge on any atom is 0.00769 e. The zero-order chi connectivity index (χ0) is 8.69. The van der Waals surface area contributed by atoms with E-state index in [0.717, 1.165) is 19.0 Å². The molecule has 0 aliphatic carbocycles. The highest BCUT2D eigenvalue weighted by Gasteiger charge is 2.01. The van der Waals surface area contributed by atoms with Crippen LogP contribution in [0, 0.1) is 5.92 Å². The Labute approximate surface area is 70.5 Å². The Morgan fingerprint density at radius 1 is 1.18 bits per heavy atom. The normalized spacial score (nSPS) is 13.9. The highest BCUT2D eigenvalue weighted by atomic mass is 14.9. The highest BCUT2D eigenvalue weighted by molar-refractivity contribution is 4.61. The van der Waals surface area contributed by atoms with Gasteiger partial charge in [-0.1, -0.05) is 13.8 Å². The molecule has 2 heteroatoms. The summed E-state index contributed by atoms with van der Waals surface area (Å²) in [6, 6.07) is 0.626. The zero-order valence-corrected chi connectivity index (χ0v) is 8.06. The number of nitrogens with two attached hydrogens (primary N) is 1. The molecule has 0 amide bonds. The minimum Gasteiger partial charge on any atom is -0.329 e. The standard InChI is InChI=1S/C9H22N2/c1-8(2)4-5-9(3)11-7-6-10/h8-9,11H,4-7,10H2,1-3H3. The van der Waals surface area contributed by atoms with Crippen molar-refractivity contribution in [2.45, 2.75) is 39.7 Å². The second kappa shape index (κ2) is 6.62. The Kier molecular flexibility index (Phi) is 6.57. The molecule has 0 fully saturated rings. The molecule has 0 rings (SSSR count). The molecule has 0 aliphatic heterocycles. The average Bonchev–Trinajstić information content (AvgIpc) is 1.97. The van der Waals surface area contributed by atoms with Crippen LogP contribution in [0.25, 0.3) is 0 Å². The smallest absolute Gasteiger partial charge is 0.00769 e. The van der Waals surface area contributed by atoms with Gasteiger partial charge in [-0.15, -0.1) is 0 Å². The third kappa shape index (κ3) is 7.82. The van der Waals surface area contributed by atoms with Gasteiger partial charge in [-0.2, -0.15) is 0 Å². The van der Waals surface area contributed by atoms with Gasteiger partial charge in [-0.25, -0.2) is 0 Å². The molecule has 0 bridgehead atoms. The summed E-state index contributed by atoms with van der Waals surface area (Å²) in [7, 11) is 0. The number of hydrogen-bond donors (Lipinski definition) is 2. The van der Waals surface area contributed by atoms with E-state index in [1.54, 1.807) is 0 Å². The summed E-state index contributed by atoms with van der Waals surface area (Å²) in [6.07, 6.45) is 2.57. The fourth-order valence-electron chi connectivity index (χ4n) is 1.02. The first-order valence-electron chi connectivity index (χ1n) is 4.60. The van der Waals surface area contributed by atoms with Gasteiger partial charge >= 0.3 is 0 Å². The van der Waals surface area contributed by atoms with Gasteiger partial charge in [0.05, 0.1) is 0 Å². The van der Waals surface area contributed by atoms with Crippen LogP contribution in [-0.2, 0) is 0 Å². The summed E-state index contributed by atoms with van der Waals surface area (Å²) in [5, 5.41) is 3.36. The van der Waals surface area contributed by atoms with E-state index in [2.05, 4.69) is 26.1 Å². The topological polar surface area (TPSA) is 38.0 Å². The molecule has 0 heterocycles. The van der Waals surface area contributed by atoms with Crippen LogP contribution >= 0.6 is 0 Å². The van der Waals surface area contributed by atoms with Gasteiger partial charge in [-0.3, -0.25) is 0 Å². The van der Waals surface area contributed by atoms with E-state index in [1.807, 2.05) is 0 Å². The molecule has 68 valence electrons. The fourth-order valence-corrected chi connectivity index (χ4v) is 1.02. The molecule has 0 aromatic rings. The van der Waals surface area contributed by atoms with Crippen molar-refractivity contribution in [3.63, 3.8) is 0 Å². The van der Waals surface area contributed by atoms with Gasteiger partial charge in [0.2, 0.25) is 0 Å². The van der Waals surface area contributed by atoms with Crippen LogP contribution in [0.4, 0.5) is 0 Å². The lowest BCUT2D eigenvalue weighted by molar-refractivity contribution is 0.455. The zero-order valence-electron chi connectivity index (χ0n) is 8.06. The van der Waals surface area contributed by atoms with Gasteiger partial charge in [0.1, 0.15) is 0 Å². The van der Waals surface area contributed by atoms with Crippen molar-refractivity contribution >= 4 is 0 Å². The monoisotopic (exact) mass is 158 g/mol. The summed E-state index contributed by atoms with van der Waals surface area (Å²) in [5.41, 5.74) is 5.37. The molecule has 1 unspecified atom stereocenters. The highest BCUT2D eigenvalue weighted by Crippen LogP contribution is 2.05. The molecule has 0 saturated carbocycles. The lowest BCUT2D eigenvalue weighted by Gasteiger charge is -2.13. The molecule has 0 aromatic carbocycles. The molecule has 0 spiro atoms. The Hall–Kier alpha value is -0.0800. The van der Waals surface area contributed by atoms with Crippen LogP contribution in [0.2, 0.25) is 0 Å². The van der Waals surface area contributed by atoms with E-state index in [4.69, 9.17) is 5.73 Å². The van der Waals surface area contributed by atoms with E-state index < -0.39 is 0 Å². The molecular weight excluding hydrogens is 136 g/mol. The fraction of sp³-hybridized carbons (Fsp3) is 1.00. The maximum atomic E-state index is 5.37. The summed E-state index contributed by atoms with van der Waals surface area (Å²) < 4.78 is 0. The molecule has 1 atom stereocenters. The van der Waals surface area contributed by atoms with Crippen LogP contribution in [0.15, 0.2) is 0 Å². The Bertz CT molecular complexity index is 81.6. The summed E-state index contributed by atoms with van der Waals surface area (Å²) in [6.45, 7) is 8.43. The first-order valence-corrected chi connectivity index (χ1v) is 4.60. The largest absolute Gasteiger partial charge is 0.329 e. The molecular formula is C9H22N2. The van der Waals surface area contributed by atoms with Crippen LogP contribution in [0.1, 0.15) is 33.6 Å². The first kappa shape index (κ1) is 10.9. The second-order valence-electron chi connectivity index (χ2n) is 3.62. The predicted octanol–water partition coefficient (Wildman–Crippen LogP) is 1.36. The van der Waals surface area contributed by atoms with Crippen molar-refractivity contribution in [1.82, 2.24) is 5.32 Å². The summed E-state index contributed by atoms with van der Waals surface area (Å²) in [5.74, 6) is 0.817. The van der Waals surface area contributed by atoms with Gasteiger partial charge in [0.25, 0.3) is 0 Å². The van der Waals surface area contributed by atoms with Crippen molar-refractivity contribution in [3.05, 3.63) is 0 Å². The molecule has 2 nitrogen and oxygen atoms in total. The van der Waals surface area contributed by atoms with Gasteiger partial charge in [0, 0.05) is 19.1 Å². The van der Waals surface area contributed by atoms with E-state index in [0.29, 0.717) is 6.04 Å². The minimum absolute atomic E-state index is 0.626. The van der Waals surface area contributed by atoms with E-state index in [1.165, 1.54) is 12.8 Å². The average molecular weight is 158 g/mol. The van der Waals surface area contributed by atoms with E-state index >= 15 is 0 Å². The molecule has 0 radical (unpaired) electrons. The molecule has 0 aromatic heterocycles. The molecule has 0 aliphatic rings. The Morgan fingerprint density at radius 2 is 1.82 bits per heavy atom. The minimum atomic E-state index is 0.626. The van der Waals surface area contributed by atoms with Crippen LogP contribution in [0.3, 0.4) is 0 Å². The van der Waals surface area contributed by atoms with Crippen molar-refractivity contribution in [2.24, 2.45) is 11.7 Å². The predicted molar refractivity (Wildman–Crippen MR) is 50.6 cm³/mol. The van der Waals surface area contributed by atoms with Gasteiger partial charge in [0.15, 0.2) is 0 Å². The third-order valence-electron chi connectivity index (χ3n) is 1.81. The first-order chi connectivity index (χ1) is 5.16. The van der Waals surface area contributed by atoms with Crippen LogP contribution < -0.4 is 11.1 Å². The van der Waals surface area contributed by atoms with Crippen molar-refractivity contribution < 1.29 is 0 Å². The third-order valence-corrected chi connectivity index (χ3v) is 1.81. The number of rotatable bonds is 6. The molecule has 11 heavy (non-hydrogen) atoms. The SMILES string of the molecule is CC(C)CCC(C)NCCN. The summed E-state index contributed by atoms with van der Waals surface area (Å²) in [4.78, 5) is 0. The van der Waals surface area contributed by atoms with Crippen molar-refractivity contribution in [1.29, 1.82) is 0 Å². The lowest BCUT2D eigenvalue weighted by Crippen LogP contribution is -2.31. The molecule has 0 saturated heterocycles. The Morgan fingerprint density at radius 3 is 2.27 bits per heavy atom. The number of nitrogens with one attached hydrogen (secondary N) is 1. The van der Waals surface area contributed by atoms with Crippen molar-refractivity contribution in [3.8, 4) is 0 Å². The lowest BCUT2D eigenvalue weighted by atomic mass is 10.0. The number of hydrogen-bond acceptors (Lipinski definition) is 2. The van der Waals surface area contributed by atoms with E-state index in [9.17, 15) is 0 Å². The Balaban J connectivity index is 3.15. The van der Waals surface area contributed by atoms with E-state index in [-0.39, 0.29) is 0 Å². The van der Waals surface area contributed by atoms with Gasteiger partial charge < -0.3 is 11.1 Å². The maximum absolute atomic E-state index is 5.37. The van der Waals surface area contributed by atoms with Crippen molar-refractivity contribution in [2.75, 3.05) is 13.1 Å². The van der Waals surface area contributed by atoms with Crippen LogP contribution in [0.5, 0.6) is 0 Å². The van der Waals surface area contributed by atoms with Gasteiger partial charge in [-0.05, 0) is 25.7 Å². The summed E-state index contributed by atoms with van der Waals surface area (Å²) >= 11 is 0. The van der Waals surface area contributed by atoms with Crippen LogP contribution in [-0.4, -0.2) is 19.1 Å². The second-order valence-corrected chi connectivity index (χ2v) is 3.62. The quantitative estimate of drug-likeness (QED) is 0.612.